The number of hydrogen-bond donors (Lipinski definition) is 1. The zero-order valence-electron chi connectivity index (χ0n) is 7.08. The van der Waals surface area contributed by atoms with Crippen molar-refractivity contribution in [2.75, 3.05) is 7.11 Å². The van der Waals surface area contributed by atoms with Crippen LogP contribution in [0.15, 0.2) is 18.2 Å². The summed E-state index contributed by atoms with van der Waals surface area (Å²) in [4.78, 5) is 3.79. The minimum absolute atomic E-state index is 0.134. The van der Waals surface area contributed by atoms with Crippen molar-refractivity contribution in [3.8, 4) is 5.88 Å². The lowest BCUT2D eigenvalue weighted by molar-refractivity contribution is 0.114. The van der Waals surface area contributed by atoms with Crippen LogP contribution in [-0.2, 0) is 0 Å². The number of ether oxygens (including phenoxy) is 1. The van der Waals surface area contributed by atoms with Crippen LogP contribution in [0.2, 0.25) is 0 Å². The molecular formula is C8H10F2N2O. The fraction of sp³-hybridized carbons (Fsp3) is 0.375. The van der Waals surface area contributed by atoms with Crippen LogP contribution in [0.4, 0.5) is 8.78 Å². The summed E-state index contributed by atoms with van der Waals surface area (Å²) in [6.07, 6.45) is -2.61. The van der Waals surface area contributed by atoms with E-state index in [1.54, 1.807) is 12.1 Å². The molecule has 2 N–H and O–H groups in total. The van der Waals surface area contributed by atoms with E-state index in [9.17, 15) is 8.78 Å². The molecule has 1 aromatic heterocycles. The molecule has 0 radical (unpaired) electrons. The molecule has 0 aliphatic rings. The minimum atomic E-state index is -2.61. The highest BCUT2D eigenvalue weighted by Gasteiger charge is 2.18. The van der Waals surface area contributed by atoms with Crippen molar-refractivity contribution in [1.29, 1.82) is 0 Å². The average Bonchev–Trinajstić information content (AvgIpc) is 2.16. The van der Waals surface area contributed by atoms with Gasteiger partial charge in [-0.15, -0.1) is 0 Å². The van der Waals surface area contributed by atoms with Crippen molar-refractivity contribution in [3.05, 3.63) is 23.9 Å². The Morgan fingerprint density at radius 1 is 1.46 bits per heavy atom. The van der Waals surface area contributed by atoms with Crippen LogP contribution in [0.1, 0.15) is 11.7 Å². The summed E-state index contributed by atoms with van der Waals surface area (Å²) < 4.78 is 29.1. The lowest BCUT2D eigenvalue weighted by atomic mass is 10.2. The second-order valence-electron chi connectivity index (χ2n) is 2.47. The second kappa shape index (κ2) is 4.13. The van der Waals surface area contributed by atoms with Gasteiger partial charge in [0.05, 0.1) is 12.8 Å². The highest BCUT2D eigenvalue weighted by Crippen LogP contribution is 2.17. The molecule has 1 aromatic rings. The number of methoxy groups -OCH3 is 1. The van der Waals surface area contributed by atoms with E-state index in [1.165, 1.54) is 13.2 Å². The minimum Gasteiger partial charge on any atom is -0.481 e. The summed E-state index contributed by atoms with van der Waals surface area (Å²) in [5.41, 5.74) is 5.33. The van der Waals surface area contributed by atoms with E-state index in [0.29, 0.717) is 0 Å². The van der Waals surface area contributed by atoms with Gasteiger partial charge in [0.2, 0.25) is 5.88 Å². The van der Waals surface area contributed by atoms with Gasteiger partial charge in [0, 0.05) is 6.07 Å². The zero-order valence-corrected chi connectivity index (χ0v) is 7.08. The highest BCUT2D eigenvalue weighted by atomic mass is 19.3. The predicted molar refractivity (Wildman–Crippen MR) is 43.7 cm³/mol. The van der Waals surface area contributed by atoms with Crippen molar-refractivity contribution in [3.63, 3.8) is 0 Å². The van der Waals surface area contributed by atoms with Gasteiger partial charge < -0.3 is 10.5 Å². The molecule has 0 aromatic carbocycles. The van der Waals surface area contributed by atoms with Gasteiger partial charge in [-0.25, -0.2) is 13.8 Å². The average molecular weight is 188 g/mol. The van der Waals surface area contributed by atoms with Crippen LogP contribution in [0.5, 0.6) is 5.88 Å². The van der Waals surface area contributed by atoms with Gasteiger partial charge >= 0.3 is 0 Å². The van der Waals surface area contributed by atoms with E-state index in [-0.39, 0.29) is 11.6 Å². The summed E-state index contributed by atoms with van der Waals surface area (Å²) >= 11 is 0. The molecule has 1 unspecified atom stereocenters. The molecule has 1 heterocycles. The fourth-order valence-corrected chi connectivity index (χ4v) is 0.859. The van der Waals surface area contributed by atoms with Crippen molar-refractivity contribution >= 4 is 0 Å². The van der Waals surface area contributed by atoms with Crippen molar-refractivity contribution in [1.82, 2.24) is 4.98 Å². The summed E-state index contributed by atoms with van der Waals surface area (Å²) in [5, 5.41) is 0. The van der Waals surface area contributed by atoms with E-state index in [0.717, 1.165) is 0 Å². The molecule has 3 nitrogen and oxygen atoms in total. The lowest BCUT2D eigenvalue weighted by Crippen LogP contribution is -2.20. The monoisotopic (exact) mass is 188 g/mol. The first-order valence-corrected chi connectivity index (χ1v) is 3.70. The van der Waals surface area contributed by atoms with Gasteiger partial charge in [-0.05, 0) is 6.07 Å². The third-order valence-corrected chi connectivity index (χ3v) is 1.57. The Balaban J connectivity index is 2.88. The van der Waals surface area contributed by atoms with Gasteiger partial charge in [-0.1, -0.05) is 6.07 Å². The number of pyridine rings is 1. The second-order valence-corrected chi connectivity index (χ2v) is 2.47. The standard InChI is InChI=1S/C8H10F2N2O/c1-13-6-4-2-3-5(12-6)7(11)8(9)10/h2-4,7-8H,11H2,1H3. The fourth-order valence-electron chi connectivity index (χ4n) is 0.859. The molecule has 0 saturated heterocycles. The molecule has 0 saturated carbocycles. The third-order valence-electron chi connectivity index (χ3n) is 1.57. The van der Waals surface area contributed by atoms with Gasteiger partial charge in [-0.3, -0.25) is 0 Å². The van der Waals surface area contributed by atoms with Crippen LogP contribution in [0.3, 0.4) is 0 Å². The smallest absolute Gasteiger partial charge is 0.259 e. The molecule has 5 heteroatoms. The number of hydrogen-bond acceptors (Lipinski definition) is 3. The molecule has 72 valence electrons. The number of alkyl halides is 2. The zero-order chi connectivity index (χ0) is 9.84. The molecule has 1 atom stereocenters. The maximum Gasteiger partial charge on any atom is 0.259 e. The number of halogens is 2. The molecule has 0 spiro atoms. The number of nitrogens with zero attached hydrogens (tertiary/aromatic N) is 1. The van der Waals surface area contributed by atoms with Crippen LogP contribution in [0, 0.1) is 0 Å². The van der Waals surface area contributed by atoms with E-state index in [1.807, 2.05) is 0 Å². The topological polar surface area (TPSA) is 48.1 Å². The SMILES string of the molecule is COc1cccc(C(N)C(F)F)n1. The Morgan fingerprint density at radius 3 is 2.69 bits per heavy atom. The van der Waals surface area contributed by atoms with E-state index < -0.39 is 12.5 Å². The van der Waals surface area contributed by atoms with Gasteiger partial charge in [0.1, 0.15) is 6.04 Å². The van der Waals surface area contributed by atoms with Gasteiger partial charge in [0.25, 0.3) is 6.43 Å². The van der Waals surface area contributed by atoms with Gasteiger partial charge in [-0.2, -0.15) is 0 Å². The maximum atomic E-state index is 12.1. The normalized spacial score (nSPS) is 13.0. The van der Waals surface area contributed by atoms with E-state index in [4.69, 9.17) is 10.5 Å². The molecule has 13 heavy (non-hydrogen) atoms. The van der Waals surface area contributed by atoms with Gasteiger partial charge in [0.15, 0.2) is 0 Å². The number of rotatable bonds is 3. The van der Waals surface area contributed by atoms with Crippen molar-refractivity contribution < 1.29 is 13.5 Å². The van der Waals surface area contributed by atoms with E-state index in [2.05, 4.69) is 4.98 Å². The summed E-state index contributed by atoms with van der Waals surface area (Å²) in [6, 6.07) is 3.24. The Morgan fingerprint density at radius 2 is 2.15 bits per heavy atom. The Kier molecular flexibility index (Phi) is 3.13. The number of nitrogens with two attached hydrogens (primary N) is 1. The van der Waals surface area contributed by atoms with Crippen LogP contribution in [-0.4, -0.2) is 18.5 Å². The molecule has 0 bridgehead atoms. The van der Waals surface area contributed by atoms with Crippen molar-refractivity contribution in [2.45, 2.75) is 12.5 Å². The Labute approximate surface area is 74.5 Å². The molecular weight excluding hydrogens is 178 g/mol. The van der Waals surface area contributed by atoms with Crippen molar-refractivity contribution in [2.24, 2.45) is 5.73 Å². The van der Waals surface area contributed by atoms with Crippen LogP contribution in [0.25, 0.3) is 0 Å². The predicted octanol–water partition coefficient (Wildman–Crippen LogP) is 1.36. The molecule has 0 amide bonds. The first kappa shape index (κ1) is 9.85. The lowest BCUT2D eigenvalue weighted by Gasteiger charge is -2.10. The number of aromatic nitrogens is 1. The first-order valence-electron chi connectivity index (χ1n) is 3.70. The van der Waals surface area contributed by atoms with Crippen LogP contribution < -0.4 is 10.5 Å². The molecule has 0 aliphatic heterocycles. The van der Waals surface area contributed by atoms with E-state index >= 15 is 0 Å². The maximum absolute atomic E-state index is 12.1. The first-order chi connectivity index (χ1) is 6.15. The molecule has 0 aliphatic carbocycles. The largest absolute Gasteiger partial charge is 0.481 e. The quantitative estimate of drug-likeness (QED) is 0.778. The summed E-state index contributed by atoms with van der Waals surface area (Å²) in [5.74, 6) is 0.286. The summed E-state index contributed by atoms with van der Waals surface area (Å²) in [7, 11) is 1.42. The molecule has 1 rings (SSSR count). The third kappa shape index (κ3) is 2.35. The Bertz CT molecular complexity index is 281. The highest BCUT2D eigenvalue weighted by molar-refractivity contribution is 5.18. The Hall–Kier alpha value is -1.23. The summed E-state index contributed by atoms with van der Waals surface area (Å²) in [6.45, 7) is 0. The molecule has 0 fully saturated rings. The van der Waals surface area contributed by atoms with Crippen LogP contribution >= 0.6 is 0 Å².